The summed E-state index contributed by atoms with van der Waals surface area (Å²) in [6.45, 7) is 11.4. The van der Waals surface area contributed by atoms with Gasteiger partial charge in [0.05, 0.1) is 0 Å². The second-order valence-electron chi connectivity index (χ2n) is 2.84. The van der Waals surface area contributed by atoms with Crippen LogP contribution >= 0.6 is 0 Å². The van der Waals surface area contributed by atoms with Crippen LogP contribution in [0.1, 0.15) is 12.8 Å². The predicted molar refractivity (Wildman–Crippen MR) is 35.4 cm³/mol. The van der Waals surface area contributed by atoms with Gasteiger partial charge in [-0.3, -0.25) is 0 Å². The Hall–Kier alpha value is -0.0400. The fraction of sp³-hybridized carbons (Fsp3) is 0.750. The SMILES string of the molecule is [CH]C1CC([CH])C(CO)C1. The van der Waals surface area contributed by atoms with Crippen molar-refractivity contribution in [2.24, 2.45) is 17.8 Å². The number of aliphatic hydroxyl groups is 1. The van der Waals surface area contributed by atoms with E-state index in [4.69, 9.17) is 19.0 Å². The Balaban J connectivity index is 2.38. The number of aliphatic hydroxyl groups excluding tert-OH is 1. The predicted octanol–water partition coefficient (Wildman–Crippen LogP) is 1.04. The highest BCUT2D eigenvalue weighted by atomic mass is 16.3. The van der Waals surface area contributed by atoms with Crippen LogP contribution in [0.2, 0.25) is 0 Å². The molecule has 1 fully saturated rings. The van der Waals surface area contributed by atoms with Crippen LogP contribution in [-0.4, -0.2) is 11.7 Å². The molecule has 0 aromatic carbocycles. The molecule has 1 aliphatic rings. The smallest absolute Gasteiger partial charge is 0.0462 e. The van der Waals surface area contributed by atoms with Gasteiger partial charge in [-0.2, -0.15) is 0 Å². The van der Waals surface area contributed by atoms with Gasteiger partial charge in [0.2, 0.25) is 0 Å². The Kier molecular flexibility index (Phi) is 2.12. The van der Waals surface area contributed by atoms with Gasteiger partial charge < -0.3 is 5.11 Å². The molecule has 0 aromatic rings. The molecule has 3 atom stereocenters. The van der Waals surface area contributed by atoms with Gasteiger partial charge in [0.25, 0.3) is 0 Å². The summed E-state index contributed by atoms with van der Waals surface area (Å²) in [6.07, 6.45) is 1.75. The molecule has 9 heavy (non-hydrogen) atoms. The molecule has 3 unspecified atom stereocenters. The number of rotatable bonds is 1. The Morgan fingerprint density at radius 1 is 1.33 bits per heavy atom. The van der Waals surface area contributed by atoms with E-state index in [1.165, 1.54) is 0 Å². The van der Waals surface area contributed by atoms with E-state index < -0.39 is 0 Å². The first-order valence-electron chi connectivity index (χ1n) is 3.36. The lowest BCUT2D eigenvalue weighted by Crippen LogP contribution is -2.08. The molecule has 0 bridgehead atoms. The van der Waals surface area contributed by atoms with Crippen molar-refractivity contribution >= 4 is 0 Å². The van der Waals surface area contributed by atoms with Gasteiger partial charge in [-0.25, -0.2) is 0 Å². The van der Waals surface area contributed by atoms with Crippen molar-refractivity contribution in [3.63, 3.8) is 0 Å². The van der Waals surface area contributed by atoms with Crippen molar-refractivity contribution in [1.29, 1.82) is 0 Å². The van der Waals surface area contributed by atoms with E-state index in [0.717, 1.165) is 12.8 Å². The van der Waals surface area contributed by atoms with Gasteiger partial charge in [-0.05, 0) is 44.4 Å². The average molecular weight is 124 g/mol. The summed E-state index contributed by atoms with van der Waals surface area (Å²) in [6, 6.07) is 0. The van der Waals surface area contributed by atoms with Crippen LogP contribution in [-0.2, 0) is 0 Å². The van der Waals surface area contributed by atoms with Gasteiger partial charge >= 0.3 is 0 Å². The lowest BCUT2D eigenvalue weighted by Gasteiger charge is -2.09. The lowest BCUT2D eigenvalue weighted by molar-refractivity contribution is 0.208. The standard InChI is InChI=1S/C8H12O/c1-6-3-7(2)8(4-6)5-9/h1-2,6-9H,3-5H2. The van der Waals surface area contributed by atoms with E-state index in [2.05, 4.69) is 0 Å². The first-order valence-corrected chi connectivity index (χ1v) is 3.36. The monoisotopic (exact) mass is 124 g/mol. The fourth-order valence-electron chi connectivity index (χ4n) is 1.41. The van der Waals surface area contributed by atoms with Crippen LogP contribution in [0, 0.1) is 31.6 Å². The highest BCUT2D eigenvalue weighted by Gasteiger charge is 2.27. The van der Waals surface area contributed by atoms with Gasteiger partial charge in [0, 0.05) is 6.61 Å². The van der Waals surface area contributed by atoms with Crippen molar-refractivity contribution in [3.8, 4) is 0 Å². The van der Waals surface area contributed by atoms with Gasteiger partial charge in [-0.15, -0.1) is 0 Å². The summed E-state index contributed by atoms with van der Waals surface area (Å²) < 4.78 is 0. The van der Waals surface area contributed by atoms with Gasteiger partial charge in [-0.1, -0.05) is 0 Å². The Morgan fingerprint density at radius 2 is 2.00 bits per heavy atom. The Morgan fingerprint density at radius 3 is 2.22 bits per heavy atom. The Bertz CT molecular complexity index is 90.6. The second kappa shape index (κ2) is 2.70. The average Bonchev–Trinajstić information content (AvgIpc) is 2.10. The summed E-state index contributed by atoms with van der Waals surface area (Å²) in [5.41, 5.74) is 0. The van der Waals surface area contributed by atoms with E-state index in [1.54, 1.807) is 0 Å². The lowest BCUT2D eigenvalue weighted by atomic mass is 10.00. The van der Waals surface area contributed by atoms with Crippen LogP contribution in [0.25, 0.3) is 0 Å². The molecule has 0 spiro atoms. The third-order valence-corrected chi connectivity index (χ3v) is 2.02. The zero-order valence-electron chi connectivity index (χ0n) is 5.46. The minimum absolute atomic E-state index is 0.130. The molecule has 4 radical (unpaired) electrons. The van der Waals surface area contributed by atoms with Gasteiger partial charge in [0.1, 0.15) is 0 Å². The largest absolute Gasteiger partial charge is 0.396 e. The van der Waals surface area contributed by atoms with E-state index >= 15 is 0 Å². The van der Waals surface area contributed by atoms with Crippen molar-refractivity contribution in [3.05, 3.63) is 13.8 Å². The molecule has 0 aliphatic heterocycles. The summed E-state index contributed by atoms with van der Waals surface area (Å²) >= 11 is 0. The van der Waals surface area contributed by atoms with E-state index in [1.807, 2.05) is 0 Å². The van der Waals surface area contributed by atoms with Crippen LogP contribution in [0.15, 0.2) is 0 Å². The van der Waals surface area contributed by atoms with Crippen molar-refractivity contribution < 1.29 is 5.11 Å². The normalized spacial score (nSPS) is 43.7. The van der Waals surface area contributed by atoms with Crippen molar-refractivity contribution in [1.82, 2.24) is 0 Å². The molecular weight excluding hydrogens is 112 g/mol. The first kappa shape index (κ1) is 7.07. The quantitative estimate of drug-likeness (QED) is 0.554. The van der Waals surface area contributed by atoms with Crippen LogP contribution in [0.5, 0.6) is 0 Å². The molecular formula is C8H12O. The maximum atomic E-state index is 8.72. The molecule has 0 aromatic heterocycles. The summed E-state index contributed by atoms with van der Waals surface area (Å²) in [4.78, 5) is 0. The molecule has 0 heterocycles. The van der Waals surface area contributed by atoms with Gasteiger partial charge in [0.15, 0.2) is 0 Å². The maximum Gasteiger partial charge on any atom is 0.0462 e. The zero-order chi connectivity index (χ0) is 6.85. The first-order chi connectivity index (χ1) is 4.24. The summed E-state index contributed by atoms with van der Waals surface area (Å²) in [5.74, 6) is 0.599. The molecule has 1 N–H and O–H groups in total. The molecule has 1 saturated carbocycles. The van der Waals surface area contributed by atoms with Crippen LogP contribution < -0.4 is 0 Å². The topological polar surface area (TPSA) is 20.2 Å². The molecule has 1 heteroatoms. The molecule has 0 saturated heterocycles. The third-order valence-electron chi connectivity index (χ3n) is 2.02. The summed E-state index contributed by atoms with van der Waals surface area (Å²) in [7, 11) is 0. The highest BCUT2D eigenvalue weighted by molar-refractivity contribution is 4.85. The molecule has 1 aliphatic carbocycles. The third kappa shape index (κ3) is 1.45. The second-order valence-corrected chi connectivity index (χ2v) is 2.84. The van der Waals surface area contributed by atoms with Crippen LogP contribution in [0.3, 0.4) is 0 Å². The number of hydrogen-bond donors (Lipinski definition) is 1. The highest BCUT2D eigenvalue weighted by Crippen LogP contribution is 2.34. The number of hydrogen-bond acceptors (Lipinski definition) is 1. The fourth-order valence-corrected chi connectivity index (χ4v) is 1.41. The van der Waals surface area contributed by atoms with Crippen molar-refractivity contribution in [2.75, 3.05) is 6.61 Å². The zero-order valence-corrected chi connectivity index (χ0v) is 5.46. The maximum absolute atomic E-state index is 8.72. The molecule has 50 valence electrons. The van der Waals surface area contributed by atoms with E-state index in [-0.39, 0.29) is 24.4 Å². The van der Waals surface area contributed by atoms with E-state index in [0.29, 0.717) is 0 Å². The van der Waals surface area contributed by atoms with E-state index in [9.17, 15) is 0 Å². The van der Waals surface area contributed by atoms with Crippen molar-refractivity contribution in [2.45, 2.75) is 12.8 Å². The minimum atomic E-state index is 0.130. The minimum Gasteiger partial charge on any atom is -0.396 e. The van der Waals surface area contributed by atoms with Crippen LogP contribution in [0.4, 0.5) is 0 Å². The molecule has 1 nitrogen and oxygen atoms in total. The molecule has 1 rings (SSSR count). The Labute approximate surface area is 57.1 Å². The molecule has 0 amide bonds. The summed E-state index contributed by atoms with van der Waals surface area (Å²) in [5, 5.41) is 8.72.